The molecule has 1 aromatic heterocycles. The van der Waals surface area contributed by atoms with Gasteiger partial charge in [0.25, 0.3) is 0 Å². The van der Waals surface area contributed by atoms with Gasteiger partial charge in [0.05, 0.1) is 30.9 Å². The molecule has 1 amide bonds. The molecule has 0 spiro atoms. The third kappa shape index (κ3) is 4.92. The van der Waals surface area contributed by atoms with Crippen LogP contribution >= 0.6 is 11.3 Å². The van der Waals surface area contributed by atoms with E-state index in [9.17, 15) is 4.79 Å². The molecule has 3 aromatic carbocycles. The molecule has 7 heteroatoms. The van der Waals surface area contributed by atoms with Gasteiger partial charge in [-0.1, -0.05) is 59.9 Å². The number of carbonyl (C=O) groups excluding carboxylic acids is 1. The molecule has 0 saturated carbocycles. The number of rotatable bonds is 8. The minimum absolute atomic E-state index is 0.0571. The SMILES string of the molecule is CCOc1cccc2sc(N(CCN3CCOCC3)C(=O)Cc3cccc4ccccc34)nc12. The second-order valence-electron chi connectivity index (χ2n) is 8.35. The van der Waals surface area contributed by atoms with Crippen molar-refractivity contribution in [3.8, 4) is 5.75 Å². The number of amides is 1. The smallest absolute Gasteiger partial charge is 0.233 e. The number of carbonyl (C=O) groups is 1. The molecule has 1 aliphatic heterocycles. The van der Waals surface area contributed by atoms with Gasteiger partial charge in [-0.3, -0.25) is 14.6 Å². The fourth-order valence-electron chi connectivity index (χ4n) is 4.40. The Balaban J connectivity index is 1.45. The maximum atomic E-state index is 13.7. The summed E-state index contributed by atoms with van der Waals surface area (Å²) in [7, 11) is 0. The summed E-state index contributed by atoms with van der Waals surface area (Å²) in [5.74, 6) is 0.818. The number of para-hydroxylation sites is 1. The Morgan fingerprint density at radius 1 is 1.09 bits per heavy atom. The Kier molecular flexibility index (Phi) is 7.04. The second-order valence-corrected chi connectivity index (χ2v) is 9.36. The Morgan fingerprint density at radius 2 is 1.88 bits per heavy atom. The van der Waals surface area contributed by atoms with Crippen LogP contribution < -0.4 is 9.64 Å². The highest BCUT2D eigenvalue weighted by Crippen LogP contribution is 2.34. The van der Waals surface area contributed by atoms with E-state index in [4.69, 9.17) is 14.5 Å². The summed E-state index contributed by atoms with van der Waals surface area (Å²) in [4.78, 5) is 22.8. The van der Waals surface area contributed by atoms with Crippen LogP contribution in [-0.2, 0) is 16.0 Å². The Morgan fingerprint density at radius 3 is 2.74 bits per heavy atom. The summed E-state index contributed by atoms with van der Waals surface area (Å²) in [5, 5.41) is 2.99. The highest BCUT2D eigenvalue weighted by molar-refractivity contribution is 7.22. The molecular formula is C27H29N3O3S. The lowest BCUT2D eigenvalue weighted by Crippen LogP contribution is -2.43. The fraction of sp³-hybridized carbons (Fsp3) is 0.333. The zero-order valence-electron chi connectivity index (χ0n) is 19.4. The minimum Gasteiger partial charge on any atom is -0.492 e. The Bertz CT molecular complexity index is 1280. The van der Waals surface area contributed by atoms with Gasteiger partial charge in [-0.15, -0.1) is 0 Å². The van der Waals surface area contributed by atoms with Crippen molar-refractivity contribution in [1.82, 2.24) is 9.88 Å². The highest BCUT2D eigenvalue weighted by atomic mass is 32.1. The van der Waals surface area contributed by atoms with E-state index in [-0.39, 0.29) is 5.91 Å². The molecule has 34 heavy (non-hydrogen) atoms. The molecule has 0 N–H and O–H groups in total. The topological polar surface area (TPSA) is 54.9 Å². The number of fused-ring (bicyclic) bond motifs is 2. The van der Waals surface area contributed by atoms with Crippen LogP contribution in [0.1, 0.15) is 12.5 Å². The third-order valence-electron chi connectivity index (χ3n) is 6.17. The number of aromatic nitrogens is 1. The molecule has 5 rings (SSSR count). The van der Waals surface area contributed by atoms with Crippen molar-refractivity contribution in [1.29, 1.82) is 0 Å². The first-order valence-electron chi connectivity index (χ1n) is 11.8. The zero-order chi connectivity index (χ0) is 23.3. The number of morpholine rings is 1. The van der Waals surface area contributed by atoms with E-state index in [0.717, 1.165) is 70.3 Å². The summed E-state index contributed by atoms with van der Waals surface area (Å²) in [6, 6.07) is 20.3. The van der Waals surface area contributed by atoms with Gasteiger partial charge in [-0.25, -0.2) is 4.98 Å². The standard InChI is InChI=1S/C27H29N3O3S/c1-2-33-23-11-6-12-24-26(23)28-27(34-24)30(14-13-29-15-17-32-18-16-29)25(31)19-21-9-5-8-20-7-3-4-10-22(20)21/h3-12H,2,13-19H2,1H3. The average Bonchev–Trinajstić information content (AvgIpc) is 3.30. The summed E-state index contributed by atoms with van der Waals surface area (Å²) in [6.45, 7) is 7.18. The molecule has 0 bridgehead atoms. The first-order valence-corrected chi connectivity index (χ1v) is 12.6. The monoisotopic (exact) mass is 475 g/mol. The van der Waals surface area contributed by atoms with Crippen LogP contribution in [0.5, 0.6) is 5.75 Å². The molecule has 176 valence electrons. The van der Waals surface area contributed by atoms with Crippen molar-refractivity contribution in [2.75, 3.05) is 50.9 Å². The molecule has 1 aliphatic rings. The van der Waals surface area contributed by atoms with Crippen molar-refractivity contribution in [3.05, 3.63) is 66.2 Å². The number of ether oxygens (including phenoxy) is 2. The van der Waals surface area contributed by atoms with Gasteiger partial charge in [0.1, 0.15) is 11.3 Å². The van der Waals surface area contributed by atoms with Gasteiger partial charge < -0.3 is 9.47 Å². The van der Waals surface area contributed by atoms with Gasteiger partial charge in [0.2, 0.25) is 5.91 Å². The molecule has 0 aliphatic carbocycles. The number of anilines is 1. The van der Waals surface area contributed by atoms with Crippen LogP contribution in [0, 0.1) is 0 Å². The first-order chi connectivity index (χ1) is 16.7. The molecule has 0 atom stereocenters. The summed E-state index contributed by atoms with van der Waals surface area (Å²) in [5.41, 5.74) is 1.86. The van der Waals surface area contributed by atoms with E-state index < -0.39 is 0 Å². The van der Waals surface area contributed by atoms with Crippen LogP contribution in [0.15, 0.2) is 60.7 Å². The lowest BCUT2D eigenvalue weighted by molar-refractivity contribution is -0.118. The van der Waals surface area contributed by atoms with Crippen molar-refractivity contribution >= 4 is 43.4 Å². The van der Waals surface area contributed by atoms with E-state index in [1.165, 1.54) is 0 Å². The molecule has 1 saturated heterocycles. The molecule has 1 fully saturated rings. The van der Waals surface area contributed by atoms with Gasteiger partial charge in [0.15, 0.2) is 5.13 Å². The summed E-state index contributed by atoms with van der Waals surface area (Å²) < 4.78 is 12.3. The number of benzene rings is 3. The molecule has 2 heterocycles. The normalized spacial score (nSPS) is 14.5. The van der Waals surface area contributed by atoms with Gasteiger partial charge in [0, 0.05) is 26.2 Å². The first kappa shape index (κ1) is 22.8. The van der Waals surface area contributed by atoms with Crippen molar-refractivity contribution in [2.24, 2.45) is 0 Å². The average molecular weight is 476 g/mol. The van der Waals surface area contributed by atoms with Crippen LogP contribution in [0.2, 0.25) is 0 Å². The molecule has 0 radical (unpaired) electrons. The van der Waals surface area contributed by atoms with Crippen molar-refractivity contribution in [2.45, 2.75) is 13.3 Å². The van der Waals surface area contributed by atoms with E-state index >= 15 is 0 Å². The van der Waals surface area contributed by atoms with E-state index in [2.05, 4.69) is 23.1 Å². The number of hydrogen-bond acceptors (Lipinski definition) is 6. The summed E-state index contributed by atoms with van der Waals surface area (Å²) in [6.07, 6.45) is 0.332. The molecular weight excluding hydrogens is 446 g/mol. The Labute approximate surface area is 203 Å². The largest absolute Gasteiger partial charge is 0.492 e. The van der Waals surface area contributed by atoms with Crippen LogP contribution in [-0.4, -0.2) is 61.8 Å². The highest BCUT2D eigenvalue weighted by Gasteiger charge is 2.23. The molecule has 6 nitrogen and oxygen atoms in total. The predicted octanol–water partition coefficient (Wildman–Crippen LogP) is 4.76. The van der Waals surface area contributed by atoms with E-state index in [0.29, 0.717) is 19.6 Å². The van der Waals surface area contributed by atoms with Crippen LogP contribution in [0.3, 0.4) is 0 Å². The molecule has 0 unspecified atom stereocenters. The maximum Gasteiger partial charge on any atom is 0.233 e. The number of thiazole rings is 1. The van der Waals surface area contributed by atoms with Gasteiger partial charge >= 0.3 is 0 Å². The lowest BCUT2D eigenvalue weighted by atomic mass is 10.0. The molecule has 4 aromatic rings. The summed E-state index contributed by atoms with van der Waals surface area (Å²) >= 11 is 1.55. The van der Waals surface area contributed by atoms with Crippen molar-refractivity contribution in [3.63, 3.8) is 0 Å². The zero-order valence-corrected chi connectivity index (χ0v) is 20.2. The van der Waals surface area contributed by atoms with Gasteiger partial charge in [-0.2, -0.15) is 0 Å². The van der Waals surface area contributed by atoms with Crippen LogP contribution in [0.25, 0.3) is 21.0 Å². The quantitative estimate of drug-likeness (QED) is 0.368. The van der Waals surface area contributed by atoms with E-state index in [1.54, 1.807) is 11.3 Å². The van der Waals surface area contributed by atoms with E-state index in [1.807, 2.05) is 54.3 Å². The van der Waals surface area contributed by atoms with Crippen molar-refractivity contribution < 1.29 is 14.3 Å². The predicted molar refractivity (Wildman–Crippen MR) is 138 cm³/mol. The van der Waals surface area contributed by atoms with Crippen LogP contribution in [0.4, 0.5) is 5.13 Å². The van der Waals surface area contributed by atoms with Gasteiger partial charge in [-0.05, 0) is 35.4 Å². The number of nitrogens with zero attached hydrogens (tertiary/aromatic N) is 3. The number of hydrogen-bond donors (Lipinski definition) is 0. The minimum atomic E-state index is 0.0571. The Hall–Kier alpha value is -3.00. The third-order valence-corrected chi connectivity index (χ3v) is 7.21. The maximum absolute atomic E-state index is 13.7. The fourth-order valence-corrected chi connectivity index (χ4v) is 5.42. The lowest BCUT2D eigenvalue weighted by Gasteiger charge is -2.29. The second kappa shape index (κ2) is 10.5.